The molecule has 3 heterocycles. The molecule has 0 bridgehead atoms. The van der Waals surface area contributed by atoms with Crippen LogP contribution in [0, 0.1) is 6.92 Å². The van der Waals surface area contributed by atoms with Crippen LogP contribution in [0.15, 0.2) is 65.1 Å². The highest BCUT2D eigenvalue weighted by Crippen LogP contribution is 2.29. The van der Waals surface area contributed by atoms with Crippen molar-refractivity contribution in [2.45, 2.75) is 37.1 Å². The van der Waals surface area contributed by atoms with Crippen molar-refractivity contribution in [3.63, 3.8) is 0 Å². The van der Waals surface area contributed by atoms with Gasteiger partial charge in [0.1, 0.15) is 16.5 Å². The number of aryl methyl sites for hydroxylation is 1. The van der Waals surface area contributed by atoms with E-state index in [2.05, 4.69) is 50.9 Å². The summed E-state index contributed by atoms with van der Waals surface area (Å²) < 4.78 is 2.15. The Kier molecular flexibility index (Phi) is 6.55. The number of amides is 1. The van der Waals surface area contributed by atoms with Gasteiger partial charge in [0, 0.05) is 24.9 Å². The first-order valence-electron chi connectivity index (χ1n) is 11.1. The van der Waals surface area contributed by atoms with Gasteiger partial charge >= 0.3 is 0 Å². The largest absolute Gasteiger partial charge is 0.337 e. The fraction of sp³-hybridized carbons (Fsp3) is 0.280. The number of carbonyl (C=O) groups excluding carboxylic acids is 1. The summed E-state index contributed by atoms with van der Waals surface area (Å²) in [6, 6.07) is 18.6. The average Bonchev–Trinajstić information content (AvgIpc) is 3.60. The molecule has 0 N–H and O–H groups in total. The zero-order chi connectivity index (χ0) is 22.6. The van der Waals surface area contributed by atoms with Crippen LogP contribution in [-0.2, 0) is 12.2 Å². The van der Waals surface area contributed by atoms with Crippen LogP contribution in [0.2, 0.25) is 0 Å². The highest BCUT2D eigenvalue weighted by Gasteiger charge is 2.22. The summed E-state index contributed by atoms with van der Waals surface area (Å²) >= 11 is 3.14. The topological polar surface area (TPSA) is 63.9 Å². The van der Waals surface area contributed by atoms with Gasteiger partial charge in [0.25, 0.3) is 5.91 Å². The average molecular weight is 476 g/mol. The second kappa shape index (κ2) is 9.89. The number of benzene rings is 2. The minimum atomic E-state index is 0.0493. The first kappa shape index (κ1) is 21.9. The van der Waals surface area contributed by atoms with E-state index in [9.17, 15) is 4.79 Å². The Hall–Kier alpha value is -2.97. The summed E-state index contributed by atoms with van der Waals surface area (Å²) in [6.45, 7) is 3.78. The lowest BCUT2D eigenvalue weighted by Gasteiger charge is -2.13. The second-order valence-electron chi connectivity index (χ2n) is 8.10. The van der Waals surface area contributed by atoms with E-state index in [4.69, 9.17) is 0 Å². The lowest BCUT2D eigenvalue weighted by molar-refractivity contribution is 0.0787. The SMILES string of the molecule is Cc1ccccc1-n1c(Cc2ccccc2)nnc1SCc1nc(C(=O)N2CCCC2)cs1. The van der Waals surface area contributed by atoms with Gasteiger partial charge in [0.2, 0.25) is 0 Å². The molecule has 33 heavy (non-hydrogen) atoms. The molecule has 1 aliphatic heterocycles. The Labute approximate surface area is 201 Å². The standard InChI is InChI=1S/C25H25N5OS2/c1-18-9-5-6-12-21(18)30-22(15-19-10-3-2-4-11-19)27-28-25(30)33-17-23-26-20(16-32-23)24(31)29-13-7-8-14-29/h2-6,9-12,16H,7-8,13-15,17H2,1H3. The zero-order valence-corrected chi connectivity index (χ0v) is 20.1. The molecule has 0 aliphatic carbocycles. The van der Waals surface area contributed by atoms with Crippen molar-refractivity contribution in [3.8, 4) is 5.69 Å². The van der Waals surface area contributed by atoms with E-state index < -0.39 is 0 Å². The van der Waals surface area contributed by atoms with E-state index >= 15 is 0 Å². The van der Waals surface area contributed by atoms with Crippen molar-refractivity contribution in [2.24, 2.45) is 0 Å². The van der Waals surface area contributed by atoms with Crippen LogP contribution in [0.4, 0.5) is 0 Å². The molecule has 0 spiro atoms. The summed E-state index contributed by atoms with van der Waals surface area (Å²) in [6.07, 6.45) is 2.87. The summed E-state index contributed by atoms with van der Waals surface area (Å²) in [5, 5.41) is 12.7. The van der Waals surface area contributed by atoms with Crippen molar-refractivity contribution < 1.29 is 4.79 Å². The number of carbonyl (C=O) groups is 1. The van der Waals surface area contributed by atoms with E-state index in [0.717, 1.165) is 47.6 Å². The van der Waals surface area contributed by atoms with E-state index in [1.54, 1.807) is 11.8 Å². The maximum Gasteiger partial charge on any atom is 0.273 e. The van der Waals surface area contributed by atoms with Gasteiger partial charge in [-0.25, -0.2) is 4.98 Å². The fourth-order valence-electron chi connectivity index (χ4n) is 4.03. The molecular weight excluding hydrogens is 450 g/mol. The molecule has 1 aliphatic rings. The zero-order valence-electron chi connectivity index (χ0n) is 18.5. The monoisotopic (exact) mass is 475 g/mol. The maximum absolute atomic E-state index is 12.6. The number of likely N-dealkylation sites (tertiary alicyclic amines) is 1. The van der Waals surface area contributed by atoms with Gasteiger partial charge in [-0.2, -0.15) is 0 Å². The molecule has 0 unspecified atom stereocenters. The normalized spacial score (nSPS) is 13.5. The van der Waals surface area contributed by atoms with Gasteiger partial charge in [-0.1, -0.05) is 60.3 Å². The van der Waals surface area contributed by atoms with Crippen molar-refractivity contribution in [2.75, 3.05) is 13.1 Å². The van der Waals surface area contributed by atoms with Gasteiger partial charge in [-0.3, -0.25) is 9.36 Å². The van der Waals surface area contributed by atoms with E-state index in [1.165, 1.54) is 22.5 Å². The molecule has 1 amide bonds. The summed E-state index contributed by atoms with van der Waals surface area (Å²) in [7, 11) is 0. The predicted octanol–water partition coefficient (Wildman–Crippen LogP) is 5.15. The summed E-state index contributed by atoms with van der Waals surface area (Å²) in [5.41, 5.74) is 4.00. The first-order chi connectivity index (χ1) is 16.2. The van der Waals surface area contributed by atoms with E-state index in [1.807, 2.05) is 40.6 Å². The van der Waals surface area contributed by atoms with Crippen molar-refractivity contribution in [1.82, 2.24) is 24.6 Å². The highest BCUT2D eigenvalue weighted by atomic mass is 32.2. The number of nitrogens with zero attached hydrogens (tertiary/aromatic N) is 5. The van der Waals surface area contributed by atoms with Gasteiger partial charge in [-0.05, 0) is 37.0 Å². The Balaban J connectivity index is 1.38. The molecule has 4 aromatic rings. The lowest BCUT2D eigenvalue weighted by Crippen LogP contribution is -2.27. The predicted molar refractivity (Wildman–Crippen MR) is 132 cm³/mol. The Morgan fingerprint density at radius 3 is 2.58 bits per heavy atom. The molecule has 8 heteroatoms. The summed E-state index contributed by atoms with van der Waals surface area (Å²) in [5.74, 6) is 1.60. The van der Waals surface area contributed by atoms with Crippen LogP contribution >= 0.6 is 23.1 Å². The maximum atomic E-state index is 12.6. The fourth-order valence-corrected chi connectivity index (χ4v) is 5.78. The van der Waals surface area contributed by atoms with Crippen LogP contribution in [-0.4, -0.2) is 43.6 Å². The number of aromatic nitrogens is 4. The highest BCUT2D eigenvalue weighted by molar-refractivity contribution is 7.98. The van der Waals surface area contributed by atoms with E-state index in [0.29, 0.717) is 17.9 Å². The molecule has 6 nitrogen and oxygen atoms in total. The van der Waals surface area contributed by atoms with Crippen molar-refractivity contribution >= 4 is 29.0 Å². The first-order valence-corrected chi connectivity index (χ1v) is 13.0. The van der Waals surface area contributed by atoms with Crippen molar-refractivity contribution in [3.05, 3.63) is 87.6 Å². The number of hydrogen-bond acceptors (Lipinski definition) is 6. The molecule has 0 radical (unpaired) electrons. The number of rotatable bonds is 7. The number of thiazole rings is 1. The van der Waals surface area contributed by atoms with E-state index in [-0.39, 0.29) is 5.91 Å². The third kappa shape index (κ3) is 4.86. The van der Waals surface area contributed by atoms with Crippen LogP contribution in [0.5, 0.6) is 0 Å². The van der Waals surface area contributed by atoms with Crippen LogP contribution in [0.3, 0.4) is 0 Å². The molecule has 2 aromatic heterocycles. The number of thioether (sulfide) groups is 1. The minimum Gasteiger partial charge on any atom is -0.337 e. The van der Waals surface area contributed by atoms with Gasteiger partial charge in [-0.15, -0.1) is 21.5 Å². The Bertz CT molecular complexity index is 1240. The third-order valence-corrected chi connectivity index (χ3v) is 7.72. The molecule has 0 atom stereocenters. The minimum absolute atomic E-state index is 0.0493. The molecule has 5 rings (SSSR count). The van der Waals surface area contributed by atoms with Crippen molar-refractivity contribution in [1.29, 1.82) is 0 Å². The molecule has 0 saturated carbocycles. The second-order valence-corrected chi connectivity index (χ2v) is 9.98. The van der Waals surface area contributed by atoms with Crippen LogP contribution in [0.1, 0.15) is 45.3 Å². The molecular formula is C25H25N5OS2. The smallest absolute Gasteiger partial charge is 0.273 e. The molecule has 1 saturated heterocycles. The van der Waals surface area contributed by atoms with Crippen LogP contribution < -0.4 is 0 Å². The van der Waals surface area contributed by atoms with Gasteiger partial charge < -0.3 is 4.90 Å². The third-order valence-electron chi connectivity index (χ3n) is 5.75. The van der Waals surface area contributed by atoms with Gasteiger partial charge in [0.15, 0.2) is 5.16 Å². The van der Waals surface area contributed by atoms with Gasteiger partial charge in [0.05, 0.1) is 11.4 Å². The lowest BCUT2D eigenvalue weighted by atomic mass is 10.1. The molecule has 2 aromatic carbocycles. The van der Waals surface area contributed by atoms with Crippen LogP contribution in [0.25, 0.3) is 5.69 Å². The Morgan fingerprint density at radius 1 is 1.03 bits per heavy atom. The molecule has 168 valence electrons. The number of hydrogen-bond donors (Lipinski definition) is 0. The quantitative estimate of drug-likeness (QED) is 0.346. The molecule has 1 fully saturated rings. The summed E-state index contributed by atoms with van der Waals surface area (Å²) in [4.78, 5) is 19.1. The Morgan fingerprint density at radius 2 is 1.79 bits per heavy atom. The number of para-hydroxylation sites is 1.